The monoisotopic (exact) mass is 791 g/mol. The van der Waals surface area contributed by atoms with Crippen molar-refractivity contribution in [2.75, 3.05) is 72.5 Å². The summed E-state index contributed by atoms with van der Waals surface area (Å²) in [6.45, 7) is 5.31. The van der Waals surface area contributed by atoms with E-state index < -0.39 is 36.7 Å². The van der Waals surface area contributed by atoms with Crippen LogP contribution in [0.5, 0.6) is 0 Å². The summed E-state index contributed by atoms with van der Waals surface area (Å²) in [6, 6.07) is -1.02. The van der Waals surface area contributed by atoms with Gasteiger partial charge < -0.3 is 50.2 Å². The molecule has 322 valence electrons. The molecule has 7 N–H and O–H groups in total. The molecule has 0 bridgehead atoms. The molecule has 3 amide bonds. The van der Waals surface area contributed by atoms with E-state index in [-0.39, 0.29) is 90.6 Å². The van der Waals surface area contributed by atoms with Crippen molar-refractivity contribution >= 4 is 29.7 Å². The fourth-order valence-electron chi connectivity index (χ4n) is 5.54. The van der Waals surface area contributed by atoms with Crippen LogP contribution >= 0.6 is 0 Å². The van der Waals surface area contributed by atoms with Crippen LogP contribution in [0.2, 0.25) is 0 Å². The number of carbonyl (C=O) groups is 5. The van der Waals surface area contributed by atoms with Gasteiger partial charge in [0.25, 0.3) is 0 Å². The molecule has 0 saturated carbocycles. The number of unbranched alkanes of at least 4 members (excludes halogenated alkanes) is 13. The summed E-state index contributed by atoms with van der Waals surface area (Å²) in [5.74, 6) is -2.62. The Kier molecular flexibility index (Phi) is 36.0. The largest absolute Gasteiger partial charge is 0.480 e. The zero-order valence-corrected chi connectivity index (χ0v) is 33.8. The molecule has 2 atom stereocenters. The SMILES string of the molecule is CC(C)CCCCCCCCCCCCCCCCC(O)NC(CCC(=O)NCCOCCOCC(=O)NCCOCCOCC(=O)NCC(=O)O)C(=O)O. The first-order valence-electron chi connectivity index (χ1n) is 20.5. The summed E-state index contributed by atoms with van der Waals surface area (Å²) >= 11 is 0. The maximum atomic E-state index is 12.2. The van der Waals surface area contributed by atoms with Gasteiger partial charge in [-0.05, 0) is 25.2 Å². The van der Waals surface area contributed by atoms with E-state index in [0.717, 1.165) is 25.2 Å². The third-order valence-corrected chi connectivity index (χ3v) is 8.65. The number of hydrogen-bond donors (Lipinski definition) is 7. The van der Waals surface area contributed by atoms with Gasteiger partial charge in [-0.3, -0.25) is 29.3 Å². The third kappa shape index (κ3) is 39.2. The lowest BCUT2D eigenvalue weighted by atomic mass is 10.0. The average molecular weight is 791 g/mol. The summed E-state index contributed by atoms with van der Waals surface area (Å²) < 4.78 is 20.9. The molecule has 16 nitrogen and oxygen atoms in total. The van der Waals surface area contributed by atoms with Gasteiger partial charge in [0, 0.05) is 19.5 Å². The number of amides is 3. The minimum Gasteiger partial charge on any atom is -0.480 e. The van der Waals surface area contributed by atoms with E-state index in [0.29, 0.717) is 6.42 Å². The molecule has 0 aromatic heterocycles. The number of aliphatic hydroxyl groups excluding tert-OH is 1. The molecule has 0 aliphatic rings. The first-order valence-corrected chi connectivity index (χ1v) is 20.5. The Morgan fingerprint density at radius 3 is 1.38 bits per heavy atom. The number of rotatable bonds is 41. The number of aliphatic hydroxyl groups is 1. The van der Waals surface area contributed by atoms with E-state index in [4.69, 9.17) is 24.1 Å². The lowest BCUT2D eigenvalue weighted by Crippen LogP contribution is -2.44. The summed E-state index contributed by atoms with van der Waals surface area (Å²) in [5, 5.41) is 38.5. The van der Waals surface area contributed by atoms with Gasteiger partial charge in [-0.25, -0.2) is 0 Å². The van der Waals surface area contributed by atoms with Gasteiger partial charge in [0.05, 0.1) is 39.6 Å². The van der Waals surface area contributed by atoms with Gasteiger partial charge in [0.1, 0.15) is 32.0 Å². The Morgan fingerprint density at radius 1 is 0.509 bits per heavy atom. The minimum absolute atomic E-state index is 0.0128. The number of carboxylic acids is 2. The molecule has 55 heavy (non-hydrogen) atoms. The first kappa shape index (κ1) is 52.1. The number of carboxylic acid groups (broad SMARTS) is 2. The fraction of sp³-hybridized carbons (Fsp3) is 0.872. The van der Waals surface area contributed by atoms with Gasteiger partial charge in [-0.1, -0.05) is 104 Å². The van der Waals surface area contributed by atoms with Gasteiger partial charge >= 0.3 is 11.9 Å². The zero-order chi connectivity index (χ0) is 40.8. The predicted molar refractivity (Wildman–Crippen MR) is 208 cm³/mol. The molecule has 0 radical (unpaired) electrons. The summed E-state index contributed by atoms with van der Waals surface area (Å²) in [5.41, 5.74) is 0. The molecule has 0 rings (SSSR count). The maximum absolute atomic E-state index is 12.2. The smallest absolute Gasteiger partial charge is 0.322 e. The lowest BCUT2D eigenvalue weighted by Gasteiger charge is -2.19. The second-order valence-electron chi connectivity index (χ2n) is 14.2. The van der Waals surface area contributed by atoms with Crippen molar-refractivity contribution in [3.63, 3.8) is 0 Å². The van der Waals surface area contributed by atoms with Crippen LogP contribution in [0.1, 0.15) is 129 Å². The minimum atomic E-state index is -1.14. The van der Waals surface area contributed by atoms with Gasteiger partial charge in [-0.15, -0.1) is 0 Å². The molecule has 0 fully saturated rings. The van der Waals surface area contributed by atoms with Crippen LogP contribution in [0.25, 0.3) is 0 Å². The van der Waals surface area contributed by atoms with E-state index >= 15 is 0 Å². The topological polar surface area (TPSA) is 231 Å². The first-order chi connectivity index (χ1) is 26.5. The molecule has 0 aromatic carbocycles. The van der Waals surface area contributed by atoms with E-state index in [1.165, 1.54) is 77.0 Å². The van der Waals surface area contributed by atoms with Crippen molar-refractivity contribution in [2.24, 2.45) is 5.92 Å². The van der Waals surface area contributed by atoms with E-state index in [1.54, 1.807) is 0 Å². The molecule has 16 heteroatoms. The standard InChI is InChI=1S/C39H74N4O12/c1-32(2)17-15-13-11-9-7-5-3-4-6-8-10-12-14-16-18-35(45)43-33(39(50)51)19-20-34(44)40-21-23-52-25-27-54-30-36(46)41-22-24-53-26-28-55-31-37(47)42-29-38(48)49/h32-33,35,43,45H,3-31H2,1-2H3,(H,40,44)(H,41,46)(H,42,47)(H,48,49)(H,50,51). The fourth-order valence-corrected chi connectivity index (χ4v) is 5.54. The van der Waals surface area contributed by atoms with E-state index in [2.05, 4.69) is 35.1 Å². The van der Waals surface area contributed by atoms with Crippen LogP contribution in [0.4, 0.5) is 0 Å². The highest BCUT2D eigenvalue weighted by atomic mass is 16.5. The summed E-state index contributed by atoms with van der Waals surface area (Å²) in [4.78, 5) is 57.3. The van der Waals surface area contributed by atoms with Crippen molar-refractivity contribution in [1.82, 2.24) is 21.3 Å². The molecule has 0 spiro atoms. The van der Waals surface area contributed by atoms with Crippen LogP contribution in [-0.2, 0) is 42.9 Å². The van der Waals surface area contributed by atoms with Gasteiger partial charge in [0.15, 0.2) is 0 Å². The highest BCUT2D eigenvalue weighted by Crippen LogP contribution is 2.15. The molecular formula is C39H74N4O12. The highest BCUT2D eigenvalue weighted by Gasteiger charge is 2.21. The number of carbonyl (C=O) groups excluding carboxylic acids is 3. The molecule has 0 aliphatic carbocycles. The Bertz CT molecular complexity index is 989. The maximum Gasteiger partial charge on any atom is 0.322 e. The summed E-state index contributed by atoms with van der Waals surface area (Å²) in [7, 11) is 0. The van der Waals surface area contributed by atoms with Crippen LogP contribution in [0, 0.1) is 5.92 Å². The average Bonchev–Trinajstić information content (AvgIpc) is 3.14. The van der Waals surface area contributed by atoms with E-state index in [1.807, 2.05) is 0 Å². The van der Waals surface area contributed by atoms with Crippen molar-refractivity contribution in [1.29, 1.82) is 0 Å². The van der Waals surface area contributed by atoms with Gasteiger partial charge in [0.2, 0.25) is 17.7 Å². The van der Waals surface area contributed by atoms with Crippen LogP contribution in [0.3, 0.4) is 0 Å². The third-order valence-electron chi connectivity index (χ3n) is 8.65. The normalized spacial score (nSPS) is 12.4. The van der Waals surface area contributed by atoms with Crippen molar-refractivity contribution in [2.45, 2.75) is 142 Å². The molecular weight excluding hydrogens is 716 g/mol. The van der Waals surface area contributed by atoms with Crippen LogP contribution in [0.15, 0.2) is 0 Å². The second-order valence-corrected chi connectivity index (χ2v) is 14.2. The number of ether oxygens (including phenoxy) is 4. The lowest BCUT2D eigenvalue weighted by molar-refractivity contribution is -0.141. The quantitative estimate of drug-likeness (QED) is 0.0348. The molecule has 2 unspecified atom stereocenters. The molecule has 0 heterocycles. The number of aliphatic carboxylic acids is 2. The molecule has 0 aliphatic heterocycles. The van der Waals surface area contributed by atoms with Crippen molar-refractivity contribution in [3.05, 3.63) is 0 Å². The Labute approximate surface area is 328 Å². The highest BCUT2D eigenvalue weighted by molar-refractivity contribution is 5.82. The molecule has 0 saturated heterocycles. The number of hydrogen-bond acceptors (Lipinski definition) is 11. The van der Waals surface area contributed by atoms with Crippen molar-refractivity contribution < 1.29 is 58.2 Å². The van der Waals surface area contributed by atoms with Crippen LogP contribution in [-0.4, -0.2) is 130 Å². The Hall–Kier alpha value is -2.89. The van der Waals surface area contributed by atoms with Gasteiger partial charge in [-0.2, -0.15) is 0 Å². The predicted octanol–water partition coefficient (Wildman–Crippen LogP) is 3.53. The molecule has 0 aromatic rings. The zero-order valence-electron chi connectivity index (χ0n) is 33.8. The number of nitrogens with one attached hydrogen (secondary N) is 4. The Morgan fingerprint density at radius 2 is 0.927 bits per heavy atom. The second kappa shape index (κ2) is 38.0. The van der Waals surface area contributed by atoms with Crippen molar-refractivity contribution in [3.8, 4) is 0 Å². The van der Waals surface area contributed by atoms with E-state index in [9.17, 15) is 34.2 Å². The Balaban J connectivity index is 3.65. The van der Waals surface area contributed by atoms with Crippen LogP contribution < -0.4 is 21.3 Å². The summed E-state index contributed by atoms with van der Waals surface area (Å²) in [6.07, 6.45) is 18.4.